The third kappa shape index (κ3) is 2.48. The van der Waals surface area contributed by atoms with E-state index >= 15 is 0 Å². The van der Waals surface area contributed by atoms with E-state index < -0.39 is 5.97 Å². The molecule has 1 aromatic heterocycles. The van der Waals surface area contributed by atoms with Gasteiger partial charge in [-0.25, -0.2) is 4.79 Å². The van der Waals surface area contributed by atoms with Crippen molar-refractivity contribution in [2.75, 3.05) is 0 Å². The molecule has 2 rings (SSSR count). The number of aryl methyl sites for hydroxylation is 2. The molecule has 0 saturated heterocycles. The summed E-state index contributed by atoms with van der Waals surface area (Å²) in [5.74, 6) is -0.116. The number of benzene rings is 1. The molecule has 4 heteroatoms. The molecule has 0 amide bonds. The van der Waals surface area contributed by atoms with Gasteiger partial charge < -0.3 is 9.84 Å². The van der Waals surface area contributed by atoms with Crippen LogP contribution in [0.5, 0.6) is 11.5 Å². The number of rotatable bonds is 3. The van der Waals surface area contributed by atoms with Crippen LogP contribution in [-0.2, 0) is 0 Å². The van der Waals surface area contributed by atoms with E-state index in [1.807, 2.05) is 18.2 Å². The van der Waals surface area contributed by atoms with E-state index in [2.05, 4.69) is 4.98 Å². The normalized spacial score (nSPS) is 10.1. The van der Waals surface area contributed by atoms with Crippen molar-refractivity contribution in [2.45, 2.75) is 13.8 Å². The van der Waals surface area contributed by atoms with Gasteiger partial charge in [-0.3, -0.25) is 4.98 Å². The smallest absolute Gasteiger partial charge is 0.341 e. The Morgan fingerprint density at radius 2 is 1.89 bits per heavy atom. The summed E-state index contributed by atoms with van der Waals surface area (Å²) in [4.78, 5) is 15.4. The van der Waals surface area contributed by atoms with Crippen LogP contribution in [0.4, 0.5) is 0 Å². The van der Waals surface area contributed by atoms with Crippen LogP contribution in [-0.4, -0.2) is 16.1 Å². The average molecular weight is 243 g/mol. The first-order valence-electron chi connectivity index (χ1n) is 5.52. The molecule has 92 valence electrons. The molecule has 18 heavy (non-hydrogen) atoms. The van der Waals surface area contributed by atoms with Crippen LogP contribution in [0.1, 0.15) is 21.7 Å². The maximum Gasteiger partial charge on any atom is 0.341 e. The van der Waals surface area contributed by atoms with Crippen molar-refractivity contribution in [3.8, 4) is 11.5 Å². The number of aromatic carboxylic acids is 1. The van der Waals surface area contributed by atoms with Gasteiger partial charge in [-0.05, 0) is 26.0 Å². The highest BCUT2D eigenvalue weighted by Crippen LogP contribution is 2.27. The van der Waals surface area contributed by atoms with E-state index in [1.54, 1.807) is 32.0 Å². The van der Waals surface area contributed by atoms with Gasteiger partial charge in [0.25, 0.3) is 0 Å². The largest absolute Gasteiger partial charge is 0.477 e. The van der Waals surface area contributed by atoms with Gasteiger partial charge in [-0.15, -0.1) is 0 Å². The Morgan fingerprint density at radius 3 is 2.50 bits per heavy atom. The number of pyridine rings is 1. The first-order chi connectivity index (χ1) is 8.58. The molecular formula is C14H13NO3. The minimum atomic E-state index is -1.04. The first-order valence-corrected chi connectivity index (χ1v) is 5.52. The predicted molar refractivity (Wildman–Crippen MR) is 67.2 cm³/mol. The quantitative estimate of drug-likeness (QED) is 0.899. The zero-order chi connectivity index (χ0) is 13.1. The monoisotopic (exact) mass is 243 g/mol. The second-order valence-corrected chi connectivity index (χ2v) is 3.94. The van der Waals surface area contributed by atoms with Crippen LogP contribution in [0.2, 0.25) is 0 Å². The highest BCUT2D eigenvalue weighted by molar-refractivity contribution is 5.92. The fraction of sp³-hybridized carbons (Fsp3) is 0.143. The van der Waals surface area contributed by atoms with Gasteiger partial charge in [0, 0.05) is 11.8 Å². The maximum absolute atomic E-state index is 11.2. The Hall–Kier alpha value is -2.36. The second-order valence-electron chi connectivity index (χ2n) is 3.94. The van der Waals surface area contributed by atoms with Crippen molar-refractivity contribution < 1.29 is 14.6 Å². The number of hydrogen-bond donors (Lipinski definition) is 1. The van der Waals surface area contributed by atoms with Crippen molar-refractivity contribution in [1.29, 1.82) is 0 Å². The van der Waals surface area contributed by atoms with Crippen LogP contribution < -0.4 is 4.74 Å². The van der Waals surface area contributed by atoms with Gasteiger partial charge in [0.1, 0.15) is 17.1 Å². The van der Waals surface area contributed by atoms with Gasteiger partial charge in [0.05, 0.1) is 5.69 Å². The Balaban J connectivity index is 2.46. The number of ether oxygens (including phenoxy) is 1. The molecule has 0 saturated carbocycles. The third-order valence-electron chi connectivity index (χ3n) is 2.48. The molecule has 2 aromatic rings. The summed E-state index contributed by atoms with van der Waals surface area (Å²) in [5, 5.41) is 9.20. The topological polar surface area (TPSA) is 59.4 Å². The lowest BCUT2D eigenvalue weighted by Gasteiger charge is -2.11. The van der Waals surface area contributed by atoms with E-state index in [9.17, 15) is 9.90 Å². The van der Waals surface area contributed by atoms with E-state index in [-0.39, 0.29) is 5.56 Å². The van der Waals surface area contributed by atoms with Crippen molar-refractivity contribution in [3.05, 3.63) is 53.3 Å². The van der Waals surface area contributed by atoms with Crippen LogP contribution in [0, 0.1) is 13.8 Å². The fourth-order valence-electron chi connectivity index (χ4n) is 1.75. The first kappa shape index (κ1) is 12.1. The fourth-order valence-corrected chi connectivity index (χ4v) is 1.75. The Kier molecular flexibility index (Phi) is 3.28. The number of carboxylic acid groups (broad SMARTS) is 1. The lowest BCUT2D eigenvalue weighted by atomic mass is 10.1. The third-order valence-corrected chi connectivity index (χ3v) is 2.48. The molecule has 1 aromatic carbocycles. The van der Waals surface area contributed by atoms with E-state index in [4.69, 9.17) is 4.74 Å². The highest BCUT2D eigenvalue weighted by Gasteiger charge is 2.17. The second kappa shape index (κ2) is 4.87. The molecule has 1 heterocycles. The van der Waals surface area contributed by atoms with Crippen LogP contribution >= 0.6 is 0 Å². The van der Waals surface area contributed by atoms with Gasteiger partial charge in [-0.2, -0.15) is 0 Å². The average Bonchev–Trinajstić information content (AvgIpc) is 2.28. The molecule has 0 aliphatic carbocycles. The van der Waals surface area contributed by atoms with Crippen LogP contribution in [0.15, 0.2) is 36.4 Å². The number of para-hydroxylation sites is 1. The zero-order valence-electron chi connectivity index (χ0n) is 10.2. The molecule has 4 nitrogen and oxygen atoms in total. The maximum atomic E-state index is 11.2. The standard InChI is InChI=1S/C14H13NO3/c1-9-8-12(13(14(16)17)10(2)15-9)18-11-6-4-3-5-7-11/h3-8H,1-2H3,(H,16,17). The van der Waals surface area contributed by atoms with Crippen molar-refractivity contribution >= 4 is 5.97 Å². The Bertz CT molecular complexity index is 579. The SMILES string of the molecule is Cc1cc(Oc2ccccc2)c(C(=O)O)c(C)n1. The predicted octanol–water partition coefficient (Wildman–Crippen LogP) is 3.19. The number of carboxylic acids is 1. The summed E-state index contributed by atoms with van der Waals surface area (Å²) in [6, 6.07) is 10.7. The van der Waals surface area contributed by atoms with E-state index in [0.29, 0.717) is 17.2 Å². The van der Waals surface area contributed by atoms with Crippen LogP contribution in [0.25, 0.3) is 0 Å². The molecule has 0 bridgehead atoms. The summed E-state index contributed by atoms with van der Waals surface area (Å²) in [6.45, 7) is 3.46. The lowest BCUT2D eigenvalue weighted by Crippen LogP contribution is -2.05. The van der Waals surface area contributed by atoms with Gasteiger partial charge in [0.15, 0.2) is 0 Å². The number of aromatic nitrogens is 1. The summed E-state index contributed by atoms with van der Waals surface area (Å²) in [5.41, 5.74) is 1.28. The minimum absolute atomic E-state index is 0.101. The summed E-state index contributed by atoms with van der Waals surface area (Å²) < 4.78 is 5.61. The lowest BCUT2D eigenvalue weighted by molar-refractivity contribution is 0.0693. The van der Waals surface area contributed by atoms with Gasteiger partial charge >= 0.3 is 5.97 Å². The summed E-state index contributed by atoms with van der Waals surface area (Å²) >= 11 is 0. The molecule has 1 N–H and O–H groups in total. The van der Waals surface area contributed by atoms with Crippen molar-refractivity contribution in [1.82, 2.24) is 4.98 Å². The molecule has 0 radical (unpaired) electrons. The minimum Gasteiger partial charge on any atom is -0.477 e. The Labute approximate surface area is 105 Å². The summed E-state index contributed by atoms with van der Waals surface area (Å²) in [7, 11) is 0. The molecule has 0 unspecified atom stereocenters. The van der Waals surface area contributed by atoms with Gasteiger partial charge in [0.2, 0.25) is 0 Å². The van der Waals surface area contributed by atoms with E-state index in [0.717, 1.165) is 5.69 Å². The molecule has 0 spiro atoms. The van der Waals surface area contributed by atoms with Gasteiger partial charge in [-0.1, -0.05) is 18.2 Å². The molecule has 0 aliphatic heterocycles. The van der Waals surface area contributed by atoms with Crippen molar-refractivity contribution in [2.24, 2.45) is 0 Å². The van der Waals surface area contributed by atoms with Crippen molar-refractivity contribution in [3.63, 3.8) is 0 Å². The number of hydrogen-bond acceptors (Lipinski definition) is 3. The number of carbonyl (C=O) groups is 1. The van der Waals surface area contributed by atoms with E-state index in [1.165, 1.54) is 0 Å². The Morgan fingerprint density at radius 1 is 1.22 bits per heavy atom. The highest BCUT2D eigenvalue weighted by atomic mass is 16.5. The number of nitrogens with zero attached hydrogens (tertiary/aromatic N) is 1. The zero-order valence-corrected chi connectivity index (χ0v) is 10.2. The van der Waals surface area contributed by atoms with Crippen LogP contribution in [0.3, 0.4) is 0 Å². The summed E-state index contributed by atoms with van der Waals surface area (Å²) in [6.07, 6.45) is 0. The molecule has 0 fully saturated rings. The molecule has 0 atom stereocenters. The molecule has 0 aliphatic rings. The molecular weight excluding hydrogens is 230 g/mol.